The van der Waals surface area contributed by atoms with Crippen LogP contribution in [0.15, 0.2) is 84.9 Å². The molecule has 0 aliphatic carbocycles. The smallest absolute Gasteiger partial charge is 0.354 e. The second-order valence-electron chi connectivity index (χ2n) is 10.5. The van der Waals surface area contributed by atoms with Gasteiger partial charge in [-0.25, -0.2) is 9.97 Å². The molecule has 2 aliphatic heterocycles. The summed E-state index contributed by atoms with van der Waals surface area (Å²) in [7, 11) is 0. The molecular formula is C35H21ClF4N4O. The predicted molar refractivity (Wildman–Crippen MR) is 170 cm³/mol. The lowest BCUT2D eigenvalue weighted by molar-refractivity contribution is -0.163. The highest BCUT2D eigenvalue weighted by molar-refractivity contribution is 6.22. The summed E-state index contributed by atoms with van der Waals surface area (Å²) in [6.07, 6.45) is 6.87. The van der Waals surface area contributed by atoms with Gasteiger partial charge in [-0.1, -0.05) is 60.7 Å². The largest absolute Gasteiger partial charge is 0.388 e. The molecule has 3 aromatic heterocycles. The number of nitrogens with one attached hydrogen (secondary N) is 2. The Morgan fingerprint density at radius 2 is 1.02 bits per heavy atom. The number of H-pyrrole nitrogens is 2. The number of nitrogens with zero attached hydrogens (tertiary/aromatic N) is 2. The number of rotatable bonds is 5. The van der Waals surface area contributed by atoms with Crippen molar-refractivity contribution in [1.82, 2.24) is 19.9 Å². The second-order valence-corrected chi connectivity index (χ2v) is 10.9. The Labute approximate surface area is 258 Å². The molecule has 8 bridgehead atoms. The fourth-order valence-electron chi connectivity index (χ4n) is 5.64. The minimum absolute atomic E-state index is 0.243. The van der Waals surface area contributed by atoms with Gasteiger partial charge < -0.3 is 9.97 Å². The van der Waals surface area contributed by atoms with E-state index in [1.807, 2.05) is 36.4 Å². The highest BCUT2D eigenvalue weighted by Crippen LogP contribution is 2.48. The van der Waals surface area contributed by atoms with Crippen LogP contribution in [-0.2, 0) is 5.92 Å². The molecule has 10 heteroatoms. The minimum Gasteiger partial charge on any atom is -0.354 e. The fourth-order valence-corrected chi connectivity index (χ4v) is 5.74. The number of hydrogen-bond donors (Lipinski definition) is 2. The van der Waals surface area contributed by atoms with Gasteiger partial charge in [0.05, 0.1) is 44.9 Å². The number of carbonyl (C=O) groups is 1. The van der Waals surface area contributed by atoms with Gasteiger partial charge in [-0.15, -0.1) is 0 Å². The third kappa shape index (κ3) is 4.85. The maximum Gasteiger partial charge on any atom is 0.388 e. The Morgan fingerprint density at radius 1 is 0.578 bits per heavy atom. The summed E-state index contributed by atoms with van der Waals surface area (Å²) < 4.78 is 60.2. The molecule has 0 spiro atoms. The van der Waals surface area contributed by atoms with Crippen molar-refractivity contribution >= 4 is 64.3 Å². The van der Waals surface area contributed by atoms with Crippen molar-refractivity contribution in [3.05, 3.63) is 119 Å². The summed E-state index contributed by atoms with van der Waals surface area (Å²) in [4.78, 5) is 27.9. The summed E-state index contributed by atoms with van der Waals surface area (Å²) in [5.41, 5.74) is 3.33. The molecule has 0 saturated heterocycles. The van der Waals surface area contributed by atoms with Gasteiger partial charge in [0.15, 0.2) is 6.29 Å². The van der Waals surface area contributed by atoms with Gasteiger partial charge in [-0.05, 0) is 71.3 Å². The highest BCUT2D eigenvalue weighted by atomic mass is 35.5. The lowest BCUT2D eigenvalue weighted by Crippen LogP contribution is -2.33. The van der Waals surface area contributed by atoms with Crippen molar-refractivity contribution in [1.29, 1.82) is 0 Å². The molecule has 0 amide bonds. The third-order valence-electron chi connectivity index (χ3n) is 7.71. The molecule has 5 nitrogen and oxygen atoms in total. The van der Waals surface area contributed by atoms with Crippen LogP contribution in [0.5, 0.6) is 0 Å². The van der Waals surface area contributed by atoms with Crippen molar-refractivity contribution < 1.29 is 22.4 Å². The van der Waals surface area contributed by atoms with Crippen molar-refractivity contribution in [2.24, 2.45) is 0 Å². The first-order chi connectivity index (χ1) is 21.7. The standard InChI is InChI=1S/C35H21ClF4N4O/c36-35(39,40)34(37,38)33-29-17-15-27(43-29)31(20-7-3-1-4-8-20)25-13-11-23(41-25)22(19-45)24-12-14-26(42-24)32(21-9-5-2-6-10-21)28-16-18-30(33)44-28/h1-19,41,44H. The Kier molecular flexibility index (Phi) is 6.78. The van der Waals surface area contributed by atoms with Crippen molar-refractivity contribution in [2.75, 3.05) is 0 Å². The van der Waals surface area contributed by atoms with Gasteiger partial charge in [0.25, 0.3) is 0 Å². The van der Waals surface area contributed by atoms with Gasteiger partial charge in [0.1, 0.15) is 0 Å². The van der Waals surface area contributed by atoms with E-state index in [2.05, 4.69) is 15.0 Å². The summed E-state index contributed by atoms with van der Waals surface area (Å²) in [5, 5.41) is -4.93. The summed E-state index contributed by atoms with van der Waals surface area (Å²) in [5.74, 6) is -4.82. The number of hydrogen-bond acceptors (Lipinski definition) is 3. The van der Waals surface area contributed by atoms with Gasteiger partial charge in [0, 0.05) is 22.2 Å². The van der Waals surface area contributed by atoms with Crippen LogP contribution in [0.25, 0.3) is 68.6 Å². The summed E-state index contributed by atoms with van der Waals surface area (Å²) >= 11 is 5.06. The number of aromatic nitrogens is 4. The van der Waals surface area contributed by atoms with Gasteiger partial charge in [-0.2, -0.15) is 17.6 Å². The molecule has 5 heterocycles. The first-order valence-electron chi connectivity index (χ1n) is 13.8. The molecule has 5 aromatic rings. The molecule has 2 aromatic carbocycles. The molecule has 0 atom stereocenters. The Bertz CT molecular complexity index is 2160. The third-order valence-corrected chi connectivity index (χ3v) is 7.94. The number of carbonyl (C=O) groups excluding carboxylic acids is 1. The predicted octanol–water partition coefficient (Wildman–Crippen LogP) is 9.73. The summed E-state index contributed by atoms with van der Waals surface area (Å²) in [6.45, 7) is 0. The number of halogens is 5. The molecule has 7 rings (SSSR count). The molecule has 2 aliphatic rings. The fraction of sp³-hybridized carbons (Fsp3) is 0.0571. The number of benzene rings is 2. The van der Waals surface area contributed by atoms with E-state index in [-0.39, 0.29) is 16.9 Å². The zero-order valence-electron chi connectivity index (χ0n) is 23.2. The lowest BCUT2D eigenvalue weighted by Gasteiger charge is -2.22. The lowest BCUT2D eigenvalue weighted by atomic mass is 10.0. The van der Waals surface area contributed by atoms with Crippen LogP contribution in [0, 0.1) is 0 Å². The second kappa shape index (κ2) is 10.7. The van der Waals surface area contributed by atoms with Crippen LogP contribution in [-0.4, -0.2) is 31.6 Å². The average molecular weight is 625 g/mol. The molecule has 2 N–H and O–H groups in total. The van der Waals surface area contributed by atoms with Crippen LogP contribution in [0.2, 0.25) is 0 Å². The van der Waals surface area contributed by atoms with Crippen LogP contribution in [0.4, 0.5) is 17.6 Å². The van der Waals surface area contributed by atoms with E-state index < -0.39 is 16.9 Å². The average Bonchev–Trinajstić information content (AvgIpc) is 3.85. The van der Waals surface area contributed by atoms with E-state index >= 15 is 8.78 Å². The van der Waals surface area contributed by atoms with E-state index in [1.54, 1.807) is 48.6 Å². The normalized spacial score (nSPS) is 12.9. The van der Waals surface area contributed by atoms with Crippen molar-refractivity contribution in [2.45, 2.75) is 11.3 Å². The van der Waals surface area contributed by atoms with Gasteiger partial charge in [-0.3, -0.25) is 4.79 Å². The van der Waals surface area contributed by atoms with Crippen LogP contribution >= 0.6 is 11.6 Å². The van der Waals surface area contributed by atoms with E-state index in [9.17, 15) is 13.6 Å². The molecule has 0 unspecified atom stereocenters. The molecule has 0 fully saturated rings. The first kappa shape index (κ1) is 28.5. The van der Waals surface area contributed by atoms with Crippen molar-refractivity contribution in [3.8, 4) is 22.3 Å². The topological polar surface area (TPSA) is 74.4 Å². The van der Waals surface area contributed by atoms with E-state index in [0.717, 1.165) is 6.29 Å². The van der Waals surface area contributed by atoms with Crippen LogP contribution in [0.3, 0.4) is 0 Å². The molecule has 45 heavy (non-hydrogen) atoms. The van der Waals surface area contributed by atoms with Crippen molar-refractivity contribution in [3.63, 3.8) is 0 Å². The first-order valence-corrected chi connectivity index (χ1v) is 14.2. The maximum absolute atomic E-state index is 15.7. The Balaban J connectivity index is 1.71. The van der Waals surface area contributed by atoms with Gasteiger partial charge in [0.2, 0.25) is 0 Å². The SMILES string of the molecule is O=Cc1c2nc(c(-c3ccccc3)c3ccc([nH]3)c(C(F)(F)C(F)(F)Cl)c3nc(c(-c4ccccc4)c4ccc1[nH]4)C=C3)C=C2. The number of aromatic amines is 2. The van der Waals surface area contributed by atoms with Crippen LogP contribution in [0.1, 0.15) is 38.7 Å². The monoisotopic (exact) mass is 624 g/mol. The Morgan fingerprint density at radius 3 is 1.56 bits per heavy atom. The number of aldehydes is 1. The molecule has 0 saturated carbocycles. The highest BCUT2D eigenvalue weighted by Gasteiger charge is 2.58. The van der Waals surface area contributed by atoms with E-state index in [0.29, 0.717) is 55.8 Å². The minimum atomic E-state index is -4.93. The van der Waals surface area contributed by atoms with E-state index in [4.69, 9.17) is 16.6 Å². The number of fused-ring (bicyclic) bond motifs is 8. The Hall–Kier alpha value is -5.28. The summed E-state index contributed by atoms with van der Waals surface area (Å²) in [6, 6.07) is 24.3. The van der Waals surface area contributed by atoms with Crippen LogP contribution < -0.4 is 0 Å². The molecule has 0 radical (unpaired) electrons. The molecular weight excluding hydrogens is 604 g/mol. The van der Waals surface area contributed by atoms with Gasteiger partial charge >= 0.3 is 11.3 Å². The number of alkyl halides is 5. The quantitative estimate of drug-likeness (QED) is 0.114. The zero-order valence-corrected chi connectivity index (χ0v) is 23.9. The van der Waals surface area contributed by atoms with E-state index in [1.165, 1.54) is 24.3 Å². The zero-order chi connectivity index (χ0) is 31.3. The molecule has 222 valence electrons. The maximum atomic E-state index is 15.7.